The number of nitrogens with one attached hydrogen (secondary N) is 1. The Kier molecular flexibility index (Phi) is 6.50. The van der Waals surface area contributed by atoms with Crippen LogP contribution in [0.15, 0.2) is 0 Å². The summed E-state index contributed by atoms with van der Waals surface area (Å²) >= 11 is 0. The Labute approximate surface area is 107 Å². The topological polar surface area (TPSA) is 32.3 Å². The van der Waals surface area contributed by atoms with E-state index < -0.39 is 0 Å². The average molecular weight is 241 g/mol. The molecule has 102 valence electrons. The summed E-state index contributed by atoms with van der Waals surface area (Å²) in [5, 5.41) is 12.5. The maximum atomic E-state index is 8.87. The van der Waals surface area contributed by atoms with Gasteiger partial charge in [-0.1, -0.05) is 33.6 Å². The SMILES string of the molecule is CC1CCCC(CNCC(C)(C)CCCO)C1. The van der Waals surface area contributed by atoms with Crippen molar-refractivity contribution >= 4 is 0 Å². The molecule has 1 aliphatic rings. The molecule has 17 heavy (non-hydrogen) atoms. The first kappa shape index (κ1) is 15.0. The number of aliphatic hydroxyl groups is 1. The van der Waals surface area contributed by atoms with E-state index in [0.29, 0.717) is 12.0 Å². The highest BCUT2D eigenvalue weighted by atomic mass is 16.2. The summed E-state index contributed by atoms with van der Waals surface area (Å²) in [7, 11) is 0. The van der Waals surface area contributed by atoms with Crippen molar-refractivity contribution in [1.29, 1.82) is 0 Å². The lowest BCUT2D eigenvalue weighted by atomic mass is 9.82. The molecule has 0 aliphatic heterocycles. The van der Waals surface area contributed by atoms with E-state index in [0.717, 1.165) is 31.2 Å². The van der Waals surface area contributed by atoms with E-state index in [2.05, 4.69) is 26.1 Å². The molecule has 0 amide bonds. The summed E-state index contributed by atoms with van der Waals surface area (Å²) in [5.74, 6) is 1.82. The van der Waals surface area contributed by atoms with Gasteiger partial charge in [-0.2, -0.15) is 0 Å². The highest BCUT2D eigenvalue weighted by molar-refractivity contribution is 4.75. The molecule has 2 nitrogen and oxygen atoms in total. The van der Waals surface area contributed by atoms with Gasteiger partial charge in [-0.15, -0.1) is 0 Å². The van der Waals surface area contributed by atoms with Gasteiger partial charge in [-0.05, 0) is 49.5 Å². The van der Waals surface area contributed by atoms with Gasteiger partial charge in [0.15, 0.2) is 0 Å². The van der Waals surface area contributed by atoms with E-state index in [9.17, 15) is 0 Å². The molecular weight excluding hydrogens is 210 g/mol. The zero-order valence-corrected chi connectivity index (χ0v) is 12.0. The fourth-order valence-electron chi connectivity index (χ4n) is 3.01. The normalized spacial score (nSPS) is 26.1. The second-order valence-corrected chi connectivity index (χ2v) is 6.76. The third-order valence-electron chi connectivity index (χ3n) is 4.09. The Bertz CT molecular complexity index is 203. The van der Waals surface area contributed by atoms with Gasteiger partial charge in [0.25, 0.3) is 0 Å². The standard InChI is InChI=1S/C15H31NO/c1-13-6-4-7-14(10-13)11-16-12-15(2,3)8-5-9-17/h13-14,16-17H,4-12H2,1-3H3. The summed E-state index contributed by atoms with van der Waals surface area (Å²) in [6, 6.07) is 0. The molecular formula is C15H31NO. The summed E-state index contributed by atoms with van der Waals surface area (Å²) < 4.78 is 0. The average Bonchev–Trinajstić information content (AvgIpc) is 2.26. The predicted octanol–water partition coefficient (Wildman–Crippen LogP) is 3.20. The quantitative estimate of drug-likeness (QED) is 0.717. The third kappa shape index (κ3) is 6.42. The molecule has 2 heteroatoms. The molecule has 0 heterocycles. The van der Waals surface area contributed by atoms with Crippen LogP contribution in [0.1, 0.15) is 59.3 Å². The minimum absolute atomic E-state index is 0.322. The van der Waals surface area contributed by atoms with Crippen molar-refractivity contribution in [1.82, 2.24) is 5.32 Å². The predicted molar refractivity (Wildman–Crippen MR) is 74.1 cm³/mol. The van der Waals surface area contributed by atoms with Crippen LogP contribution >= 0.6 is 0 Å². The third-order valence-corrected chi connectivity index (χ3v) is 4.09. The molecule has 2 unspecified atom stereocenters. The fraction of sp³-hybridized carbons (Fsp3) is 1.00. The van der Waals surface area contributed by atoms with Crippen molar-refractivity contribution in [2.45, 2.75) is 59.3 Å². The molecule has 1 fully saturated rings. The zero-order chi connectivity index (χ0) is 12.7. The van der Waals surface area contributed by atoms with Gasteiger partial charge in [0.2, 0.25) is 0 Å². The van der Waals surface area contributed by atoms with Crippen molar-refractivity contribution < 1.29 is 5.11 Å². The molecule has 0 radical (unpaired) electrons. The van der Waals surface area contributed by atoms with Gasteiger partial charge in [0, 0.05) is 13.2 Å². The highest BCUT2D eigenvalue weighted by Gasteiger charge is 2.20. The van der Waals surface area contributed by atoms with E-state index in [1.165, 1.54) is 32.2 Å². The van der Waals surface area contributed by atoms with Crippen molar-refractivity contribution in [2.75, 3.05) is 19.7 Å². The van der Waals surface area contributed by atoms with Crippen molar-refractivity contribution in [2.24, 2.45) is 17.3 Å². The molecule has 0 saturated heterocycles. The second-order valence-electron chi connectivity index (χ2n) is 6.76. The number of aliphatic hydroxyl groups excluding tert-OH is 1. The minimum Gasteiger partial charge on any atom is -0.396 e. The number of hydrogen-bond donors (Lipinski definition) is 2. The molecule has 0 aromatic heterocycles. The van der Waals surface area contributed by atoms with Gasteiger partial charge in [-0.3, -0.25) is 0 Å². The maximum absolute atomic E-state index is 8.87. The smallest absolute Gasteiger partial charge is 0.0431 e. The van der Waals surface area contributed by atoms with Gasteiger partial charge in [0.1, 0.15) is 0 Å². The fourth-order valence-corrected chi connectivity index (χ4v) is 3.01. The summed E-state index contributed by atoms with van der Waals surface area (Å²) in [6.07, 6.45) is 7.70. The van der Waals surface area contributed by atoms with Crippen LogP contribution in [0, 0.1) is 17.3 Å². The second kappa shape index (κ2) is 7.38. The maximum Gasteiger partial charge on any atom is 0.0431 e. The Morgan fingerprint density at radius 1 is 1.29 bits per heavy atom. The van der Waals surface area contributed by atoms with Crippen LogP contribution in [-0.4, -0.2) is 24.8 Å². The van der Waals surface area contributed by atoms with Crippen LogP contribution in [0.25, 0.3) is 0 Å². The van der Waals surface area contributed by atoms with Crippen LogP contribution in [0.2, 0.25) is 0 Å². The molecule has 1 rings (SSSR count). The number of hydrogen-bond acceptors (Lipinski definition) is 2. The molecule has 1 aliphatic carbocycles. The molecule has 1 saturated carbocycles. The van der Waals surface area contributed by atoms with Crippen LogP contribution in [-0.2, 0) is 0 Å². The molecule has 0 aromatic carbocycles. The summed E-state index contributed by atoms with van der Waals surface area (Å²) in [6.45, 7) is 9.56. The minimum atomic E-state index is 0.322. The van der Waals surface area contributed by atoms with E-state index in [1.807, 2.05) is 0 Å². The van der Waals surface area contributed by atoms with Gasteiger partial charge in [0.05, 0.1) is 0 Å². The van der Waals surface area contributed by atoms with E-state index in [-0.39, 0.29) is 0 Å². The van der Waals surface area contributed by atoms with Gasteiger partial charge in [-0.25, -0.2) is 0 Å². The first-order valence-corrected chi connectivity index (χ1v) is 7.35. The Hall–Kier alpha value is -0.0800. The number of rotatable bonds is 7. The van der Waals surface area contributed by atoms with Crippen LogP contribution in [0.3, 0.4) is 0 Å². The molecule has 2 atom stereocenters. The lowest BCUT2D eigenvalue weighted by Gasteiger charge is -2.29. The Morgan fingerprint density at radius 3 is 2.71 bits per heavy atom. The van der Waals surface area contributed by atoms with Gasteiger partial charge < -0.3 is 10.4 Å². The van der Waals surface area contributed by atoms with Crippen molar-refractivity contribution in [3.05, 3.63) is 0 Å². The molecule has 0 bridgehead atoms. The Balaban J connectivity index is 2.13. The van der Waals surface area contributed by atoms with Crippen LogP contribution in [0.4, 0.5) is 0 Å². The molecule has 0 aromatic rings. The highest BCUT2D eigenvalue weighted by Crippen LogP contribution is 2.28. The van der Waals surface area contributed by atoms with Crippen LogP contribution < -0.4 is 5.32 Å². The first-order valence-electron chi connectivity index (χ1n) is 7.35. The van der Waals surface area contributed by atoms with E-state index >= 15 is 0 Å². The summed E-state index contributed by atoms with van der Waals surface area (Å²) in [4.78, 5) is 0. The first-order chi connectivity index (χ1) is 8.03. The van der Waals surface area contributed by atoms with Crippen molar-refractivity contribution in [3.63, 3.8) is 0 Å². The van der Waals surface area contributed by atoms with Crippen molar-refractivity contribution in [3.8, 4) is 0 Å². The Morgan fingerprint density at radius 2 is 2.06 bits per heavy atom. The molecule has 0 spiro atoms. The monoisotopic (exact) mass is 241 g/mol. The largest absolute Gasteiger partial charge is 0.396 e. The van der Waals surface area contributed by atoms with E-state index in [1.54, 1.807) is 0 Å². The molecule has 2 N–H and O–H groups in total. The van der Waals surface area contributed by atoms with Gasteiger partial charge >= 0.3 is 0 Å². The lowest BCUT2D eigenvalue weighted by Crippen LogP contribution is -2.34. The van der Waals surface area contributed by atoms with Crippen LogP contribution in [0.5, 0.6) is 0 Å². The zero-order valence-electron chi connectivity index (χ0n) is 12.0. The lowest BCUT2D eigenvalue weighted by molar-refractivity contribution is 0.225. The summed E-state index contributed by atoms with van der Waals surface area (Å²) in [5.41, 5.74) is 0.322. The van der Waals surface area contributed by atoms with E-state index in [4.69, 9.17) is 5.11 Å².